The third-order valence-corrected chi connectivity index (χ3v) is 2.38. The lowest BCUT2D eigenvalue weighted by Gasteiger charge is -1.92. The highest BCUT2D eigenvalue weighted by Crippen LogP contribution is 2.11. The molecule has 2 heterocycles. The molecule has 0 radical (unpaired) electrons. The highest BCUT2D eigenvalue weighted by molar-refractivity contribution is 7.11. The van der Waals surface area contributed by atoms with Crippen molar-refractivity contribution in [3.8, 4) is 0 Å². The molecule has 2 aromatic heterocycles. The maximum absolute atomic E-state index is 4.02. The van der Waals surface area contributed by atoms with Gasteiger partial charge in [-0.05, 0) is 12.5 Å². The van der Waals surface area contributed by atoms with Gasteiger partial charge in [0.05, 0.1) is 0 Å². The van der Waals surface area contributed by atoms with E-state index in [9.17, 15) is 0 Å². The first-order chi connectivity index (χ1) is 6.34. The van der Waals surface area contributed by atoms with Gasteiger partial charge in [-0.25, -0.2) is 9.97 Å². The van der Waals surface area contributed by atoms with E-state index in [1.165, 1.54) is 6.33 Å². The van der Waals surface area contributed by atoms with Crippen molar-refractivity contribution in [3.05, 3.63) is 34.3 Å². The Bertz CT molecular complexity index is 384. The molecule has 5 heteroatoms. The lowest BCUT2D eigenvalue weighted by atomic mass is 10.2. The summed E-state index contributed by atoms with van der Waals surface area (Å²) in [4.78, 5) is 7.87. The summed E-state index contributed by atoms with van der Waals surface area (Å²) >= 11 is 1.60. The summed E-state index contributed by atoms with van der Waals surface area (Å²) < 4.78 is 0. The average Bonchev–Trinajstić information content (AvgIpc) is 2.53. The van der Waals surface area contributed by atoms with Gasteiger partial charge in [-0.2, -0.15) is 0 Å². The predicted octanol–water partition coefficient (Wildman–Crippen LogP) is 1.23. The highest BCUT2D eigenvalue weighted by Gasteiger charge is 2.01. The van der Waals surface area contributed by atoms with E-state index in [0.717, 1.165) is 22.0 Å². The lowest BCUT2D eigenvalue weighted by Crippen LogP contribution is -1.89. The van der Waals surface area contributed by atoms with Crippen LogP contribution in [-0.2, 0) is 6.42 Å². The lowest BCUT2D eigenvalue weighted by molar-refractivity contribution is 0.969. The Morgan fingerprint density at radius 3 is 2.62 bits per heavy atom. The molecule has 13 heavy (non-hydrogen) atoms. The first kappa shape index (κ1) is 8.25. The van der Waals surface area contributed by atoms with Crippen molar-refractivity contribution in [3.63, 3.8) is 0 Å². The molecule has 0 aliphatic rings. The number of hydrogen-bond acceptors (Lipinski definition) is 5. The molecule has 0 spiro atoms. The minimum atomic E-state index is 0.770. The minimum Gasteiger partial charge on any atom is -0.245 e. The van der Waals surface area contributed by atoms with Crippen LogP contribution in [0.4, 0.5) is 0 Å². The molecule has 0 fully saturated rings. The summed E-state index contributed by atoms with van der Waals surface area (Å²) in [5.41, 5.74) is 1.07. The number of rotatable bonds is 2. The summed E-state index contributed by atoms with van der Waals surface area (Å²) in [6, 6.07) is 0. The van der Waals surface area contributed by atoms with Crippen LogP contribution in [0.25, 0.3) is 0 Å². The molecule has 66 valence electrons. The Labute approximate surface area is 79.7 Å². The van der Waals surface area contributed by atoms with Crippen molar-refractivity contribution in [2.45, 2.75) is 13.3 Å². The molecule has 0 atom stereocenters. The normalized spacial score (nSPS) is 10.2. The molecule has 0 bridgehead atoms. The van der Waals surface area contributed by atoms with Gasteiger partial charge < -0.3 is 0 Å². The second-order valence-corrected chi connectivity index (χ2v) is 3.90. The molecule has 0 saturated heterocycles. The predicted molar refractivity (Wildman–Crippen MR) is 49.5 cm³/mol. The molecule has 0 amide bonds. The van der Waals surface area contributed by atoms with Gasteiger partial charge in [0.2, 0.25) is 0 Å². The van der Waals surface area contributed by atoms with Gasteiger partial charge in [0.15, 0.2) is 0 Å². The Morgan fingerprint density at radius 2 is 2.00 bits per heavy atom. The van der Waals surface area contributed by atoms with Crippen LogP contribution in [-0.4, -0.2) is 20.2 Å². The third kappa shape index (κ3) is 2.06. The van der Waals surface area contributed by atoms with Crippen LogP contribution >= 0.6 is 11.3 Å². The summed E-state index contributed by atoms with van der Waals surface area (Å²) in [7, 11) is 0. The molecule has 0 aliphatic heterocycles. The summed E-state index contributed by atoms with van der Waals surface area (Å²) in [6.07, 6.45) is 5.88. The molecule has 2 rings (SSSR count). The molecule has 0 aromatic carbocycles. The molecule has 0 unspecified atom stereocenters. The number of hydrogen-bond donors (Lipinski definition) is 0. The van der Waals surface area contributed by atoms with Crippen molar-refractivity contribution < 1.29 is 0 Å². The third-order valence-electron chi connectivity index (χ3n) is 1.54. The van der Waals surface area contributed by atoms with Crippen molar-refractivity contribution >= 4 is 11.3 Å². The monoisotopic (exact) mass is 192 g/mol. The van der Waals surface area contributed by atoms with Gasteiger partial charge in [0.25, 0.3) is 0 Å². The largest absolute Gasteiger partial charge is 0.245 e. The fourth-order valence-electron chi connectivity index (χ4n) is 1.00. The smallest absolute Gasteiger partial charge is 0.121 e. The van der Waals surface area contributed by atoms with Crippen LogP contribution in [0, 0.1) is 6.92 Å². The number of aromatic nitrogens is 4. The number of nitrogens with zero attached hydrogens (tertiary/aromatic N) is 4. The van der Waals surface area contributed by atoms with E-state index in [1.54, 1.807) is 23.7 Å². The molecule has 0 aliphatic carbocycles. The summed E-state index contributed by atoms with van der Waals surface area (Å²) in [5, 5.41) is 9.96. The van der Waals surface area contributed by atoms with Gasteiger partial charge >= 0.3 is 0 Å². The van der Waals surface area contributed by atoms with Crippen LogP contribution in [0.15, 0.2) is 18.7 Å². The van der Waals surface area contributed by atoms with Gasteiger partial charge in [-0.15, -0.1) is 21.5 Å². The van der Waals surface area contributed by atoms with Crippen molar-refractivity contribution in [1.29, 1.82) is 0 Å². The van der Waals surface area contributed by atoms with Crippen molar-refractivity contribution in [2.75, 3.05) is 0 Å². The van der Waals surface area contributed by atoms with Gasteiger partial charge in [-0.3, -0.25) is 0 Å². The van der Waals surface area contributed by atoms with Crippen LogP contribution in [0.3, 0.4) is 0 Å². The Kier molecular flexibility index (Phi) is 2.27. The summed E-state index contributed by atoms with van der Waals surface area (Å²) in [6.45, 7) is 1.95. The van der Waals surface area contributed by atoms with E-state index < -0.39 is 0 Å². The molecule has 2 aromatic rings. The van der Waals surface area contributed by atoms with Crippen LogP contribution < -0.4 is 0 Å². The first-order valence-corrected chi connectivity index (χ1v) is 4.69. The summed E-state index contributed by atoms with van der Waals surface area (Å²) in [5.74, 6) is 0. The Balaban J connectivity index is 2.15. The fourth-order valence-corrected chi connectivity index (χ4v) is 1.75. The molecule has 4 nitrogen and oxygen atoms in total. The molecule has 0 N–H and O–H groups in total. The highest BCUT2D eigenvalue weighted by atomic mass is 32.1. The van der Waals surface area contributed by atoms with Crippen molar-refractivity contribution in [2.24, 2.45) is 0 Å². The molecular formula is C8H8N4S. The molecular weight excluding hydrogens is 184 g/mol. The topological polar surface area (TPSA) is 51.6 Å². The van der Waals surface area contributed by atoms with Crippen molar-refractivity contribution in [1.82, 2.24) is 20.2 Å². The fraction of sp³-hybridized carbons (Fsp3) is 0.250. The van der Waals surface area contributed by atoms with Gasteiger partial charge in [0, 0.05) is 18.8 Å². The standard InChI is InChI=1S/C8H8N4S/c1-6-11-12-8(13-6)2-7-3-9-5-10-4-7/h3-5H,2H2,1H3. The van der Waals surface area contributed by atoms with E-state index in [2.05, 4.69) is 20.2 Å². The van der Waals surface area contributed by atoms with E-state index in [4.69, 9.17) is 0 Å². The average molecular weight is 192 g/mol. The van der Waals surface area contributed by atoms with E-state index >= 15 is 0 Å². The SMILES string of the molecule is Cc1nnc(Cc2cncnc2)s1. The van der Waals surface area contributed by atoms with Gasteiger partial charge in [0.1, 0.15) is 16.3 Å². The van der Waals surface area contributed by atoms with Crippen LogP contribution in [0.2, 0.25) is 0 Å². The maximum atomic E-state index is 4.02. The zero-order valence-corrected chi connectivity index (χ0v) is 7.95. The number of aryl methyl sites for hydroxylation is 1. The minimum absolute atomic E-state index is 0.770. The first-order valence-electron chi connectivity index (χ1n) is 3.87. The Morgan fingerprint density at radius 1 is 1.23 bits per heavy atom. The maximum Gasteiger partial charge on any atom is 0.121 e. The molecule has 0 saturated carbocycles. The zero-order valence-electron chi connectivity index (χ0n) is 7.14. The quantitative estimate of drug-likeness (QED) is 0.718. The van der Waals surface area contributed by atoms with Crippen LogP contribution in [0.5, 0.6) is 0 Å². The van der Waals surface area contributed by atoms with E-state index in [1.807, 2.05) is 6.92 Å². The second-order valence-electron chi connectivity index (χ2n) is 2.64. The Hall–Kier alpha value is -1.36. The van der Waals surface area contributed by atoms with Gasteiger partial charge in [-0.1, -0.05) is 0 Å². The van der Waals surface area contributed by atoms with E-state index in [0.29, 0.717) is 0 Å². The zero-order chi connectivity index (χ0) is 9.10. The van der Waals surface area contributed by atoms with E-state index in [-0.39, 0.29) is 0 Å². The van der Waals surface area contributed by atoms with Crippen LogP contribution in [0.1, 0.15) is 15.6 Å². The second kappa shape index (κ2) is 3.57.